The van der Waals surface area contributed by atoms with E-state index in [1.807, 2.05) is 82.8 Å². The first-order valence-corrected chi connectivity index (χ1v) is 17.9. The van der Waals surface area contributed by atoms with Gasteiger partial charge < -0.3 is 19.1 Å². The molecule has 0 atom stereocenters. The molecule has 0 fully saturated rings. The highest BCUT2D eigenvalue weighted by Crippen LogP contribution is 2.40. The van der Waals surface area contributed by atoms with Gasteiger partial charge in [0.15, 0.2) is 22.7 Å². The number of hydrogen-bond acceptors (Lipinski definition) is 7. The molecule has 1 N–H and O–H groups in total. The minimum absolute atomic E-state index is 0.677. The van der Waals surface area contributed by atoms with Crippen molar-refractivity contribution in [2.24, 2.45) is 4.99 Å². The first-order valence-electron chi connectivity index (χ1n) is 17.9. The van der Waals surface area contributed by atoms with Gasteiger partial charge in [-0.3, -0.25) is 0 Å². The Balaban J connectivity index is 1.20. The van der Waals surface area contributed by atoms with Gasteiger partial charge in [-0.2, -0.15) is 0 Å². The molecule has 2 aliphatic carbocycles. The number of aromatic nitrogens is 2. The summed E-state index contributed by atoms with van der Waals surface area (Å²) in [5.74, 6) is 1.39. The summed E-state index contributed by atoms with van der Waals surface area (Å²) < 4.78 is 15.4. The van der Waals surface area contributed by atoms with Crippen molar-refractivity contribution >= 4 is 77.3 Å². The topological polar surface area (TPSA) is 82.7 Å². The van der Waals surface area contributed by atoms with E-state index in [9.17, 15) is 0 Å². The van der Waals surface area contributed by atoms with Crippen LogP contribution in [0.25, 0.3) is 77.4 Å². The highest BCUT2D eigenvalue weighted by atomic mass is 16.3. The monoisotopic (exact) mass is 703 g/mol. The van der Waals surface area contributed by atoms with Gasteiger partial charge >= 0.3 is 0 Å². The molecule has 6 aromatic rings. The van der Waals surface area contributed by atoms with Crippen molar-refractivity contribution in [2.75, 3.05) is 38.4 Å². The highest BCUT2D eigenvalue weighted by molar-refractivity contribution is 6.11. The fraction of sp³-hybridized carbons (Fsp3) is 0.0870. The van der Waals surface area contributed by atoms with E-state index in [4.69, 9.17) is 23.8 Å². The predicted octanol–water partition coefficient (Wildman–Crippen LogP) is 9.71. The molecule has 0 saturated carbocycles. The summed E-state index contributed by atoms with van der Waals surface area (Å²) in [7, 11) is 8.08. The Morgan fingerprint density at radius 2 is 1.43 bits per heavy atom. The van der Waals surface area contributed by atoms with E-state index >= 15 is 0 Å². The summed E-state index contributed by atoms with van der Waals surface area (Å²) >= 11 is 0. The number of nitrogens with one attached hydrogen (secondary N) is 1. The third-order valence-electron chi connectivity index (χ3n) is 10.1. The van der Waals surface area contributed by atoms with E-state index in [1.165, 1.54) is 0 Å². The van der Waals surface area contributed by atoms with Crippen molar-refractivity contribution in [1.82, 2.24) is 14.5 Å². The normalized spacial score (nSPS) is 12.2. The maximum Gasteiger partial charge on any atom is 0.203 e. The second-order valence-corrected chi connectivity index (χ2v) is 14.0. The van der Waals surface area contributed by atoms with Crippen molar-refractivity contribution in [1.29, 1.82) is 0 Å². The lowest BCUT2D eigenvalue weighted by atomic mass is 10.0. The van der Waals surface area contributed by atoms with E-state index in [2.05, 4.69) is 93.7 Å². The van der Waals surface area contributed by atoms with Gasteiger partial charge in [-0.15, -0.1) is 0 Å². The molecule has 0 unspecified atom stereocenters. The van der Waals surface area contributed by atoms with Gasteiger partial charge in [-0.05, 0) is 47.2 Å². The zero-order valence-electron chi connectivity index (χ0n) is 30.3. The lowest BCUT2D eigenvalue weighted by molar-refractivity contribution is 0.612. The van der Waals surface area contributed by atoms with Crippen molar-refractivity contribution in [3.05, 3.63) is 144 Å². The summed E-state index contributed by atoms with van der Waals surface area (Å²) in [6.45, 7) is 0. The molecule has 0 bridgehead atoms. The molecule has 0 saturated heterocycles. The first kappa shape index (κ1) is 31.7. The van der Waals surface area contributed by atoms with Crippen LogP contribution in [0.15, 0.2) is 147 Å². The van der Waals surface area contributed by atoms with Gasteiger partial charge in [0.25, 0.3) is 0 Å². The Bertz CT molecular complexity index is 3200. The van der Waals surface area contributed by atoms with Crippen molar-refractivity contribution in [3.63, 3.8) is 0 Å². The van der Waals surface area contributed by atoms with E-state index < -0.39 is 0 Å². The Morgan fingerprint density at radius 1 is 0.648 bits per heavy atom. The molecule has 8 heteroatoms. The second-order valence-electron chi connectivity index (χ2n) is 14.0. The minimum atomic E-state index is 0.677. The SMILES string of the molecule is CN(C)c1ccc2nc3c4ccccc4c(=Nc4cccc5cccc(Nc6cc7ccccc7c7nc8ccc(=[N+](C)C)cc-8oc67)c45)cc-3oc2c1. The van der Waals surface area contributed by atoms with Gasteiger partial charge in [0.05, 0.1) is 22.8 Å². The zero-order valence-corrected chi connectivity index (χ0v) is 30.3. The van der Waals surface area contributed by atoms with Crippen LogP contribution in [0, 0.1) is 0 Å². The number of benzene rings is 8. The molecule has 2 heterocycles. The van der Waals surface area contributed by atoms with Gasteiger partial charge in [-0.25, -0.2) is 19.5 Å². The molecule has 0 radical (unpaired) electrons. The summed E-state index contributed by atoms with van der Waals surface area (Å²) in [5, 5.41) is 11.7. The summed E-state index contributed by atoms with van der Waals surface area (Å²) in [5.41, 5.74) is 8.21. The molecule has 0 aromatic heterocycles. The Kier molecular flexibility index (Phi) is 7.20. The Hall–Kier alpha value is -7.06. The smallest absolute Gasteiger partial charge is 0.203 e. The quantitative estimate of drug-likeness (QED) is 0.112. The molecule has 4 aliphatic rings. The number of nitrogens with zero attached hydrogens (tertiary/aromatic N) is 5. The van der Waals surface area contributed by atoms with Crippen LogP contribution in [-0.2, 0) is 0 Å². The molecule has 6 aromatic carbocycles. The molecule has 0 spiro atoms. The van der Waals surface area contributed by atoms with Crippen LogP contribution in [0.2, 0.25) is 0 Å². The summed E-state index contributed by atoms with van der Waals surface area (Å²) in [6.07, 6.45) is 0. The lowest BCUT2D eigenvalue weighted by Gasteiger charge is -2.16. The highest BCUT2D eigenvalue weighted by Gasteiger charge is 2.19. The molecule has 0 amide bonds. The van der Waals surface area contributed by atoms with Crippen LogP contribution in [0.3, 0.4) is 0 Å². The zero-order chi connectivity index (χ0) is 36.5. The number of fused-ring (bicyclic) bond motifs is 9. The standard InChI is InChI=1S/C46H35N6O2/c1-51(2)29-19-21-34-40(24-29)53-42-26-38(32-15-7-8-16-33(32)44(42)49-34)47-36-17-9-12-27-13-10-18-37(43(27)36)48-39-23-28-11-5-6-14-31(28)45-46(39)54-41-25-30(52(3)4)20-22-35(41)50-45/h5-26,48H,1-4H3/q+1. The predicted molar refractivity (Wildman–Crippen MR) is 220 cm³/mol. The largest absolute Gasteiger partial charge is 0.453 e. The number of rotatable bonds is 4. The third kappa shape index (κ3) is 5.22. The molecule has 8 nitrogen and oxygen atoms in total. The van der Waals surface area contributed by atoms with Crippen LogP contribution in [0.1, 0.15) is 0 Å². The minimum Gasteiger partial charge on any atom is -0.453 e. The van der Waals surface area contributed by atoms with Crippen LogP contribution >= 0.6 is 0 Å². The van der Waals surface area contributed by atoms with Gasteiger partial charge in [0.2, 0.25) is 5.36 Å². The van der Waals surface area contributed by atoms with Crippen LogP contribution in [0.5, 0.6) is 0 Å². The van der Waals surface area contributed by atoms with E-state index in [0.717, 1.165) is 99.5 Å². The van der Waals surface area contributed by atoms with Crippen molar-refractivity contribution in [3.8, 4) is 22.9 Å². The van der Waals surface area contributed by atoms with Crippen LogP contribution in [-0.4, -0.2) is 38.2 Å². The van der Waals surface area contributed by atoms with Crippen LogP contribution in [0.4, 0.5) is 22.7 Å². The van der Waals surface area contributed by atoms with E-state index in [0.29, 0.717) is 11.3 Å². The maximum absolute atomic E-state index is 6.73. The van der Waals surface area contributed by atoms with E-state index in [-0.39, 0.29) is 0 Å². The van der Waals surface area contributed by atoms with Crippen molar-refractivity contribution in [2.45, 2.75) is 0 Å². The molecular formula is C46H35N6O2+. The molecular weight excluding hydrogens is 669 g/mol. The molecule has 54 heavy (non-hydrogen) atoms. The van der Waals surface area contributed by atoms with Crippen molar-refractivity contribution < 1.29 is 8.83 Å². The number of hydrogen-bond donors (Lipinski definition) is 1. The molecule has 2 aliphatic heterocycles. The fourth-order valence-electron chi connectivity index (χ4n) is 7.39. The summed E-state index contributed by atoms with van der Waals surface area (Å²) in [4.78, 5) is 17.6. The molecule has 260 valence electrons. The summed E-state index contributed by atoms with van der Waals surface area (Å²) in [6, 6.07) is 45.4. The molecule has 10 rings (SSSR count). The average molecular weight is 704 g/mol. The Labute approximate surface area is 310 Å². The first-order chi connectivity index (χ1) is 26.4. The van der Waals surface area contributed by atoms with Gasteiger partial charge in [0, 0.05) is 65.2 Å². The van der Waals surface area contributed by atoms with Crippen LogP contribution < -0.4 is 25.5 Å². The average Bonchev–Trinajstić information content (AvgIpc) is 3.19. The third-order valence-corrected chi connectivity index (χ3v) is 10.1. The van der Waals surface area contributed by atoms with Gasteiger partial charge in [-0.1, -0.05) is 72.8 Å². The Morgan fingerprint density at radius 3 is 2.26 bits per heavy atom. The number of anilines is 3. The lowest BCUT2D eigenvalue weighted by Crippen LogP contribution is -2.21. The maximum atomic E-state index is 6.73. The van der Waals surface area contributed by atoms with Gasteiger partial charge in [0.1, 0.15) is 36.5 Å². The fourth-order valence-corrected chi connectivity index (χ4v) is 7.39. The second kappa shape index (κ2) is 12.3. The van der Waals surface area contributed by atoms with E-state index in [1.54, 1.807) is 0 Å².